The van der Waals surface area contributed by atoms with Gasteiger partial charge in [0.2, 0.25) is 0 Å². The fraction of sp³-hybridized carbons (Fsp3) is 0.200. The summed E-state index contributed by atoms with van der Waals surface area (Å²) in [5.74, 6) is -0.199. The van der Waals surface area contributed by atoms with E-state index in [1.54, 1.807) is 12.1 Å². The molecule has 94 valence electrons. The SMILES string of the molecule is Cc1cc(F)ccc1CNc1cccc(Cl)c1C. The van der Waals surface area contributed by atoms with Crippen molar-refractivity contribution in [2.75, 3.05) is 5.32 Å². The molecule has 1 nitrogen and oxygen atoms in total. The van der Waals surface area contributed by atoms with E-state index in [1.165, 1.54) is 6.07 Å². The molecule has 0 spiro atoms. The summed E-state index contributed by atoms with van der Waals surface area (Å²) in [6, 6.07) is 10.6. The van der Waals surface area contributed by atoms with E-state index in [0.717, 1.165) is 27.4 Å². The number of hydrogen-bond acceptors (Lipinski definition) is 1. The van der Waals surface area contributed by atoms with E-state index in [-0.39, 0.29) is 5.82 Å². The molecule has 0 unspecified atom stereocenters. The van der Waals surface area contributed by atoms with Crippen LogP contribution in [0.2, 0.25) is 5.02 Å². The Morgan fingerprint density at radius 1 is 1.17 bits per heavy atom. The normalized spacial score (nSPS) is 10.4. The number of anilines is 1. The van der Waals surface area contributed by atoms with Crippen LogP contribution in [0.4, 0.5) is 10.1 Å². The van der Waals surface area contributed by atoms with Crippen LogP contribution >= 0.6 is 11.6 Å². The smallest absolute Gasteiger partial charge is 0.123 e. The first-order valence-electron chi connectivity index (χ1n) is 5.82. The molecule has 0 aliphatic heterocycles. The van der Waals surface area contributed by atoms with E-state index >= 15 is 0 Å². The molecule has 0 amide bonds. The van der Waals surface area contributed by atoms with E-state index in [9.17, 15) is 4.39 Å². The number of benzene rings is 2. The zero-order valence-electron chi connectivity index (χ0n) is 10.4. The van der Waals surface area contributed by atoms with Gasteiger partial charge in [0, 0.05) is 17.3 Å². The first kappa shape index (κ1) is 12.9. The minimum atomic E-state index is -0.199. The maximum absolute atomic E-state index is 13.0. The molecule has 18 heavy (non-hydrogen) atoms. The molecule has 3 heteroatoms. The number of aryl methyl sites for hydroxylation is 1. The minimum absolute atomic E-state index is 0.199. The fourth-order valence-electron chi connectivity index (χ4n) is 1.85. The number of rotatable bonds is 3. The Bertz CT molecular complexity index is 566. The molecule has 0 radical (unpaired) electrons. The molecule has 0 aliphatic rings. The van der Waals surface area contributed by atoms with E-state index in [4.69, 9.17) is 11.6 Å². The summed E-state index contributed by atoms with van der Waals surface area (Å²) >= 11 is 6.06. The summed E-state index contributed by atoms with van der Waals surface area (Å²) in [4.78, 5) is 0. The Labute approximate surface area is 112 Å². The predicted octanol–water partition coefficient (Wildman–Crippen LogP) is 4.71. The Hall–Kier alpha value is -1.54. The summed E-state index contributed by atoms with van der Waals surface area (Å²) in [5.41, 5.74) is 4.06. The van der Waals surface area contributed by atoms with Crippen molar-refractivity contribution in [3.05, 3.63) is 63.9 Å². The molecule has 0 aliphatic carbocycles. The minimum Gasteiger partial charge on any atom is -0.381 e. The molecule has 0 bridgehead atoms. The van der Waals surface area contributed by atoms with Crippen LogP contribution in [0.15, 0.2) is 36.4 Å². The topological polar surface area (TPSA) is 12.0 Å². The maximum Gasteiger partial charge on any atom is 0.123 e. The first-order chi connectivity index (χ1) is 8.58. The molecule has 0 fully saturated rings. The van der Waals surface area contributed by atoms with Gasteiger partial charge in [-0.15, -0.1) is 0 Å². The Kier molecular flexibility index (Phi) is 3.87. The van der Waals surface area contributed by atoms with Crippen LogP contribution in [0.5, 0.6) is 0 Å². The zero-order valence-corrected chi connectivity index (χ0v) is 11.2. The summed E-state index contributed by atoms with van der Waals surface area (Å²) in [6.45, 7) is 4.54. The summed E-state index contributed by atoms with van der Waals surface area (Å²) in [5, 5.41) is 4.07. The van der Waals surface area contributed by atoms with Crippen LogP contribution in [0.25, 0.3) is 0 Å². The third-order valence-electron chi connectivity index (χ3n) is 3.04. The molecule has 2 aromatic rings. The molecular weight excluding hydrogens is 249 g/mol. The van der Waals surface area contributed by atoms with Crippen LogP contribution in [0.1, 0.15) is 16.7 Å². The molecule has 2 rings (SSSR count). The molecule has 0 aromatic heterocycles. The van der Waals surface area contributed by atoms with E-state index in [0.29, 0.717) is 6.54 Å². The average Bonchev–Trinajstić information content (AvgIpc) is 2.33. The lowest BCUT2D eigenvalue weighted by Gasteiger charge is -2.12. The highest BCUT2D eigenvalue weighted by atomic mass is 35.5. The van der Waals surface area contributed by atoms with Gasteiger partial charge in [0.05, 0.1) is 0 Å². The third kappa shape index (κ3) is 2.82. The van der Waals surface area contributed by atoms with E-state index in [2.05, 4.69) is 5.32 Å². The average molecular weight is 264 g/mol. The third-order valence-corrected chi connectivity index (χ3v) is 3.45. The van der Waals surface area contributed by atoms with Gasteiger partial charge in [-0.3, -0.25) is 0 Å². The highest BCUT2D eigenvalue weighted by molar-refractivity contribution is 6.31. The van der Waals surface area contributed by atoms with Gasteiger partial charge in [-0.2, -0.15) is 0 Å². The van der Waals surface area contributed by atoms with Gasteiger partial charge in [-0.05, 0) is 54.8 Å². The summed E-state index contributed by atoms with van der Waals surface area (Å²) in [7, 11) is 0. The zero-order chi connectivity index (χ0) is 13.1. The van der Waals surface area contributed by atoms with Gasteiger partial charge in [-0.25, -0.2) is 4.39 Å². The van der Waals surface area contributed by atoms with Gasteiger partial charge in [-0.1, -0.05) is 23.7 Å². The van der Waals surface area contributed by atoms with Gasteiger partial charge in [0.15, 0.2) is 0 Å². The molecule has 0 saturated heterocycles. The predicted molar refractivity (Wildman–Crippen MR) is 74.7 cm³/mol. The summed E-state index contributed by atoms with van der Waals surface area (Å²) in [6.07, 6.45) is 0. The lowest BCUT2D eigenvalue weighted by atomic mass is 10.1. The van der Waals surface area contributed by atoms with E-state index in [1.807, 2.05) is 32.0 Å². The van der Waals surface area contributed by atoms with Crippen molar-refractivity contribution in [3.63, 3.8) is 0 Å². The quantitative estimate of drug-likeness (QED) is 0.846. The second kappa shape index (κ2) is 5.40. The second-order valence-electron chi connectivity index (χ2n) is 4.34. The number of halogens is 2. The largest absolute Gasteiger partial charge is 0.381 e. The molecule has 0 saturated carbocycles. The highest BCUT2D eigenvalue weighted by Crippen LogP contribution is 2.23. The fourth-order valence-corrected chi connectivity index (χ4v) is 2.02. The van der Waals surface area contributed by atoms with Crippen molar-refractivity contribution in [2.45, 2.75) is 20.4 Å². The van der Waals surface area contributed by atoms with Gasteiger partial charge in [0.25, 0.3) is 0 Å². The first-order valence-corrected chi connectivity index (χ1v) is 6.20. The number of nitrogens with one attached hydrogen (secondary N) is 1. The maximum atomic E-state index is 13.0. The monoisotopic (exact) mass is 263 g/mol. The lowest BCUT2D eigenvalue weighted by molar-refractivity contribution is 0.625. The second-order valence-corrected chi connectivity index (χ2v) is 4.74. The highest BCUT2D eigenvalue weighted by Gasteiger charge is 2.03. The molecular formula is C15H15ClFN. The Balaban J connectivity index is 2.14. The molecule has 0 atom stereocenters. The van der Waals surface area contributed by atoms with Crippen molar-refractivity contribution in [2.24, 2.45) is 0 Å². The van der Waals surface area contributed by atoms with Crippen LogP contribution in [-0.4, -0.2) is 0 Å². The van der Waals surface area contributed by atoms with Crippen molar-refractivity contribution in [1.82, 2.24) is 0 Å². The van der Waals surface area contributed by atoms with Crippen molar-refractivity contribution >= 4 is 17.3 Å². The Morgan fingerprint density at radius 3 is 2.67 bits per heavy atom. The van der Waals surface area contributed by atoms with Crippen LogP contribution < -0.4 is 5.32 Å². The Morgan fingerprint density at radius 2 is 1.94 bits per heavy atom. The van der Waals surface area contributed by atoms with Crippen LogP contribution in [0.3, 0.4) is 0 Å². The van der Waals surface area contributed by atoms with Gasteiger partial charge >= 0.3 is 0 Å². The van der Waals surface area contributed by atoms with Crippen molar-refractivity contribution < 1.29 is 4.39 Å². The van der Waals surface area contributed by atoms with Crippen LogP contribution in [-0.2, 0) is 6.54 Å². The lowest BCUT2D eigenvalue weighted by Crippen LogP contribution is -2.03. The molecule has 2 aromatic carbocycles. The standard InChI is InChI=1S/C15H15ClFN/c1-10-8-13(17)7-6-12(10)9-18-15-5-3-4-14(16)11(15)2/h3-8,18H,9H2,1-2H3. The van der Waals surface area contributed by atoms with E-state index < -0.39 is 0 Å². The van der Waals surface area contributed by atoms with Gasteiger partial charge in [0.1, 0.15) is 5.82 Å². The van der Waals surface area contributed by atoms with Crippen molar-refractivity contribution in [1.29, 1.82) is 0 Å². The van der Waals surface area contributed by atoms with Gasteiger partial charge < -0.3 is 5.32 Å². The summed E-state index contributed by atoms with van der Waals surface area (Å²) < 4.78 is 13.0. The van der Waals surface area contributed by atoms with Crippen molar-refractivity contribution in [3.8, 4) is 0 Å². The molecule has 1 N–H and O–H groups in total. The van der Waals surface area contributed by atoms with Crippen LogP contribution in [0, 0.1) is 19.7 Å². The molecule has 0 heterocycles. The number of hydrogen-bond donors (Lipinski definition) is 1.